The number of rotatable bonds is 3. The molecular weight excluding hydrogens is 244 g/mol. The SMILES string of the molecule is COc1ccc(NN)cc1OC.O=C(O)C(=O)O. The maximum absolute atomic E-state index is 9.10. The van der Waals surface area contributed by atoms with Gasteiger partial charge in [0.05, 0.1) is 19.9 Å². The number of nitrogens with one attached hydrogen (secondary N) is 1. The summed E-state index contributed by atoms with van der Waals surface area (Å²) in [6.07, 6.45) is 0. The van der Waals surface area contributed by atoms with Gasteiger partial charge in [-0.25, -0.2) is 9.59 Å². The van der Waals surface area contributed by atoms with Crippen molar-refractivity contribution in [1.82, 2.24) is 0 Å². The number of benzene rings is 1. The lowest BCUT2D eigenvalue weighted by molar-refractivity contribution is -0.159. The van der Waals surface area contributed by atoms with Gasteiger partial charge in [-0.1, -0.05) is 0 Å². The van der Waals surface area contributed by atoms with Crippen LogP contribution in [0.25, 0.3) is 0 Å². The molecule has 0 aliphatic carbocycles. The molecule has 0 bridgehead atoms. The van der Waals surface area contributed by atoms with Crippen molar-refractivity contribution in [2.75, 3.05) is 19.6 Å². The van der Waals surface area contributed by atoms with Gasteiger partial charge in [0.2, 0.25) is 0 Å². The summed E-state index contributed by atoms with van der Waals surface area (Å²) in [5, 5.41) is 14.8. The van der Waals surface area contributed by atoms with Crippen molar-refractivity contribution < 1.29 is 29.3 Å². The topological polar surface area (TPSA) is 131 Å². The minimum Gasteiger partial charge on any atom is -0.493 e. The average molecular weight is 258 g/mol. The Labute approximate surface area is 103 Å². The molecule has 8 nitrogen and oxygen atoms in total. The summed E-state index contributed by atoms with van der Waals surface area (Å²) >= 11 is 0. The van der Waals surface area contributed by atoms with Gasteiger partial charge in [0.1, 0.15) is 0 Å². The fourth-order valence-electron chi connectivity index (χ4n) is 0.926. The molecule has 1 rings (SSSR count). The van der Waals surface area contributed by atoms with E-state index in [0.717, 1.165) is 5.69 Å². The number of ether oxygens (including phenoxy) is 2. The zero-order chi connectivity index (χ0) is 14.1. The molecule has 0 radical (unpaired) electrons. The molecule has 5 N–H and O–H groups in total. The molecule has 18 heavy (non-hydrogen) atoms. The van der Waals surface area contributed by atoms with Crippen LogP contribution in [0.3, 0.4) is 0 Å². The molecule has 0 atom stereocenters. The molecule has 0 aliphatic rings. The van der Waals surface area contributed by atoms with Gasteiger partial charge >= 0.3 is 11.9 Å². The fourth-order valence-corrected chi connectivity index (χ4v) is 0.926. The Morgan fingerprint density at radius 1 is 1.11 bits per heavy atom. The van der Waals surface area contributed by atoms with E-state index in [1.807, 2.05) is 0 Å². The largest absolute Gasteiger partial charge is 0.493 e. The maximum atomic E-state index is 9.10. The lowest BCUT2D eigenvalue weighted by atomic mass is 10.3. The Balaban J connectivity index is 0.000000411. The smallest absolute Gasteiger partial charge is 0.414 e. The number of nitrogen functional groups attached to an aromatic ring is 1. The lowest BCUT2D eigenvalue weighted by Crippen LogP contribution is -2.09. The van der Waals surface area contributed by atoms with Crippen LogP contribution >= 0.6 is 0 Å². The molecule has 0 aromatic heterocycles. The van der Waals surface area contributed by atoms with Crippen molar-refractivity contribution in [1.29, 1.82) is 0 Å². The number of nitrogens with two attached hydrogens (primary N) is 1. The molecule has 0 heterocycles. The van der Waals surface area contributed by atoms with Crippen molar-refractivity contribution in [3.05, 3.63) is 18.2 Å². The summed E-state index contributed by atoms with van der Waals surface area (Å²) in [5.74, 6) is 2.92. The van der Waals surface area contributed by atoms with Crippen LogP contribution in [0.15, 0.2) is 18.2 Å². The second-order valence-electron chi connectivity index (χ2n) is 2.82. The first kappa shape index (κ1) is 15.5. The molecule has 1 aromatic rings. The number of carboxylic acid groups (broad SMARTS) is 2. The second-order valence-corrected chi connectivity index (χ2v) is 2.82. The maximum Gasteiger partial charge on any atom is 0.414 e. The third-order valence-electron chi connectivity index (χ3n) is 1.73. The van der Waals surface area contributed by atoms with E-state index in [1.165, 1.54) is 0 Å². The molecule has 8 heteroatoms. The van der Waals surface area contributed by atoms with Crippen molar-refractivity contribution in [2.24, 2.45) is 5.84 Å². The number of hydrogen-bond donors (Lipinski definition) is 4. The Morgan fingerprint density at radius 3 is 1.94 bits per heavy atom. The van der Waals surface area contributed by atoms with Crippen LogP contribution in [0.4, 0.5) is 5.69 Å². The number of hydrogen-bond acceptors (Lipinski definition) is 6. The molecule has 0 fully saturated rings. The molecule has 0 amide bonds. The highest BCUT2D eigenvalue weighted by molar-refractivity contribution is 6.27. The monoisotopic (exact) mass is 258 g/mol. The normalized spacial score (nSPS) is 8.61. The number of carbonyl (C=O) groups is 2. The third-order valence-corrected chi connectivity index (χ3v) is 1.73. The lowest BCUT2D eigenvalue weighted by Gasteiger charge is -2.08. The van der Waals surface area contributed by atoms with Gasteiger partial charge in [-0.15, -0.1) is 0 Å². The predicted octanol–water partition coefficient (Wildman–Crippen LogP) is 0.145. The number of methoxy groups -OCH3 is 2. The van der Waals surface area contributed by atoms with E-state index in [-0.39, 0.29) is 0 Å². The Bertz CT molecular complexity index is 409. The molecule has 100 valence electrons. The van der Waals surface area contributed by atoms with Crippen molar-refractivity contribution in [3.63, 3.8) is 0 Å². The van der Waals surface area contributed by atoms with Gasteiger partial charge in [0.25, 0.3) is 0 Å². The summed E-state index contributed by atoms with van der Waals surface area (Å²) in [4.78, 5) is 18.2. The van der Waals surface area contributed by atoms with E-state index < -0.39 is 11.9 Å². The van der Waals surface area contributed by atoms with Crippen molar-refractivity contribution in [2.45, 2.75) is 0 Å². The standard InChI is InChI=1S/C8H12N2O2.C2H2O4/c1-11-7-4-3-6(10-9)5-8(7)12-2;3-1(4)2(5)6/h3-5,10H,9H2,1-2H3;(H,3,4)(H,5,6). The highest BCUT2D eigenvalue weighted by Gasteiger charge is 2.04. The second kappa shape index (κ2) is 7.74. The Kier molecular flexibility index (Phi) is 6.67. The summed E-state index contributed by atoms with van der Waals surface area (Å²) in [5.41, 5.74) is 3.30. The van der Waals surface area contributed by atoms with Gasteiger partial charge in [-0.2, -0.15) is 0 Å². The van der Waals surface area contributed by atoms with E-state index in [0.29, 0.717) is 11.5 Å². The highest BCUT2D eigenvalue weighted by atomic mass is 16.5. The number of carboxylic acids is 2. The van der Waals surface area contributed by atoms with Crippen LogP contribution in [0.1, 0.15) is 0 Å². The zero-order valence-corrected chi connectivity index (χ0v) is 9.84. The molecule has 0 saturated carbocycles. The summed E-state index contributed by atoms with van der Waals surface area (Å²) in [6, 6.07) is 5.36. The van der Waals surface area contributed by atoms with E-state index in [1.54, 1.807) is 32.4 Å². The van der Waals surface area contributed by atoms with Gasteiger partial charge in [-0.3, -0.25) is 5.84 Å². The fraction of sp³-hybridized carbons (Fsp3) is 0.200. The molecule has 0 aliphatic heterocycles. The molecule has 1 aromatic carbocycles. The van der Waals surface area contributed by atoms with Gasteiger partial charge in [0, 0.05) is 6.07 Å². The van der Waals surface area contributed by atoms with E-state index in [4.69, 9.17) is 35.1 Å². The first-order chi connectivity index (χ1) is 8.46. The van der Waals surface area contributed by atoms with Gasteiger partial charge in [-0.05, 0) is 12.1 Å². The van der Waals surface area contributed by atoms with Gasteiger partial charge in [0.15, 0.2) is 11.5 Å². The minimum absolute atomic E-state index is 0.660. The number of anilines is 1. The molecule has 0 spiro atoms. The van der Waals surface area contributed by atoms with E-state index in [2.05, 4.69) is 5.43 Å². The van der Waals surface area contributed by atoms with Crippen LogP contribution in [0.5, 0.6) is 11.5 Å². The van der Waals surface area contributed by atoms with E-state index >= 15 is 0 Å². The molecule has 0 unspecified atom stereocenters. The summed E-state index contributed by atoms with van der Waals surface area (Å²) in [6.45, 7) is 0. The summed E-state index contributed by atoms with van der Waals surface area (Å²) < 4.78 is 10.1. The van der Waals surface area contributed by atoms with Crippen LogP contribution in [-0.2, 0) is 9.59 Å². The summed E-state index contributed by atoms with van der Waals surface area (Å²) in [7, 11) is 3.17. The average Bonchev–Trinajstić information content (AvgIpc) is 2.38. The molecular formula is C10H14N2O6. The molecule has 0 saturated heterocycles. The van der Waals surface area contributed by atoms with Gasteiger partial charge < -0.3 is 25.1 Å². The highest BCUT2D eigenvalue weighted by Crippen LogP contribution is 2.29. The van der Waals surface area contributed by atoms with Crippen molar-refractivity contribution >= 4 is 17.6 Å². The Hall–Kier alpha value is -2.48. The van der Waals surface area contributed by atoms with Crippen LogP contribution < -0.4 is 20.7 Å². The third kappa shape index (κ3) is 5.03. The van der Waals surface area contributed by atoms with Crippen molar-refractivity contribution in [3.8, 4) is 11.5 Å². The van der Waals surface area contributed by atoms with Crippen LogP contribution in [0.2, 0.25) is 0 Å². The van der Waals surface area contributed by atoms with Crippen LogP contribution in [-0.4, -0.2) is 36.4 Å². The Morgan fingerprint density at radius 2 is 1.61 bits per heavy atom. The number of hydrazine groups is 1. The first-order valence-electron chi connectivity index (χ1n) is 4.61. The van der Waals surface area contributed by atoms with E-state index in [9.17, 15) is 0 Å². The first-order valence-corrected chi connectivity index (χ1v) is 4.61. The predicted molar refractivity (Wildman–Crippen MR) is 62.6 cm³/mol. The zero-order valence-electron chi connectivity index (χ0n) is 9.84. The minimum atomic E-state index is -1.82. The van der Waals surface area contributed by atoms with Crippen LogP contribution in [0, 0.1) is 0 Å². The number of aliphatic carboxylic acids is 2. The quantitative estimate of drug-likeness (QED) is 0.342.